The summed E-state index contributed by atoms with van der Waals surface area (Å²) in [4.78, 5) is 33.5. The van der Waals surface area contributed by atoms with Gasteiger partial charge >= 0.3 is 11.9 Å². The number of ether oxygens (including phenoxy) is 3. The lowest BCUT2D eigenvalue weighted by Gasteiger charge is -2.15. The van der Waals surface area contributed by atoms with Gasteiger partial charge in [-0.05, 0) is 45.0 Å². The quantitative estimate of drug-likeness (QED) is 0.374. The Morgan fingerprint density at radius 1 is 0.969 bits per heavy atom. The van der Waals surface area contributed by atoms with Gasteiger partial charge < -0.3 is 24.6 Å². The predicted octanol–water partition coefficient (Wildman–Crippen LogP) is 4.25. The highest BCUT2D eigenvalue weighted by Gasteiger charge is 2.20. The van der Waals surface area contributed by atoms with E-state index in [0.717, 1.165) is 0 Å². The van der Waals surface area contributed by atoms with Gasteiger partial charge in [0.15, 0.2) is 0 Å². The first-order valence-corrected chi connectivity index (χ1v) is 9.85. The van der Waals surface area contributed by atoms with Crippen LogP contribution in [0.1, 0.15) is 41.5 Å². The van der Waals surface area contributed by atoms with Crippen LogP contribution in [0.2, 0.25) is 0 Å². The molecule has 0 fully saturated rings. The Balaban J connectivity index is 0.00000363. The number of benzene rings is 1. The summed E-state index contributed by atoms with van der Waals surface area (Å²) < 4.78 is 15.6. The fourth-order valence-corrected chi connectivity index (χ4v) is 2.90. The minimum absolute atomic E-state index is 0. The smallest absolute Gasteiger partial charge is 0.341 e. The number of hydrogen-bond donors (Lipinski definition) is 2. The zero-order chi connectivity index (χ0) is 22.4. The van der Waals surface area contributed by atoms with Crippen LogP contribution in [0.3, 0.4) is 0 Å². The van der Waals surface area contributed by atoms with Crippen molar-refractivity contribution in [2.45, 2.75) is 20.8 Å². The van der Waals surface area contributed by atoms with E-state index < -0.39 is 11.9 Å². The van der Waals surface area contributed by atoms with E-state index in [2.05, 4.69) is 15.3 Å². The van der Waals surface area contributed by atoms with E-state index in [1.54, 1.807) is 32.0 Å². The van der Waals surface area contributed by atoms with Gasteiger partial charge in [0.05, 0.1) is 31.0 Å². The molecule has 9 nitrogen and oxygen atoms in total. The maximum absolute atomic E-state index is 12.5. The molecule has 3 rings (SSSR count). The lowest BCUT2D eigenvalue weighted by molar-refractivity contribution is 0.0515. The molecule has 0 bridgehead atoms. The highest BCUT2D eigenvalue weighted by Crippen LogP contribution is 2.31. The van der Waals surface area contributed by atoms with Crippen molar-refractivity contribution >= 4 is 46.8 Å². The van der Waals surface area contributed by atoms with Crippen LogP contribution in [0.4, 0.5) is 11.4 Å². The Morgan fingerprint density at radius 2 is 1.66 bits per heavy atom. The summed E-state index contributed by atoms with van der Waals surface area (Å²) in [5.74, 6) is -1.08. The third-order valence-electron chi connectivity index (χ3n) is 4.24. The highest BCUT2D eigenvalue weighted by molar-refractivity contribution is 6.05. The normalized spacial score (nSPS) is 10.2. The number of hydrogen-bond acceptors (Lipinski definition) is 9. The van der Waals surface area contributed by atoms with E-state index in [1.807, 2.05) is 6.92 Å². The van der Waals surface area contributed by atoms with Gasteiger partial charge in [0.2, 0.25) is 5.88 Å². The number of anilines is 2. The van der Waals surface area contributed by atoms with Crippen LogP contribution < -0.4 is 10.1 Å². The molecule has 1 aromatic carbocycles. The van der Waals surface area contributed by atoms with Crippen LogP contribution >= 0.6 is 12.4 Å². The Kier molecular flexibility index (Phi) is 8.60. The molecule has 0 aliphatic rings. The first kappa shape index (κ1) is 24.7. The van der Waals surface area contributed by atoms with Gasteiger partial charge in [-0.15, -0.1) is 12.4 Å². The standard InChI is InChI=1S/C22H23N3O6.ClH/c1-4-29-18-10-8-16-20(25-18)19(15(12-23-16)22(28)31-6-3)24-13-7-9-17(26)14(11-13)21(27)30-5-2;/h7-12,26H,4-6H2,1-3H3,(H,23,24);1H. The molecule has 0 atom stereocenters. The minimum atomic E-state index is -0.661. The minimum Gasteiger partial charge on any atom is -0.507 e. The van der Waals surface area contributed by atoms with Crippen molar-refractivity contribution in [2.24, 2.45) is 0 Å². The monoisotopic (exact) mass is 461 g/mol. The zero-order valence-corrected chi connectivity index (χ0v) is 18.7. The topological polar surface area (TPSA) is 120 Å². The van der Waals surface area contributed by atoms with Gasteiger partial charge in [-0.1, -0.05) is 0 Å². The van der Waals surface area contributed by atoms with Gasteiger partial charge in [0.1, 0.15) is 22.4 Å². The number of esters is 2. The fraction of sp³-hybridized carbons (Fsp3) is 0.273. The number of nitrogens with zero attached hydrogens (tertiary/aromatic N) is 2. The number of halogens is 1. The van der Waals surface area contributed by atoms with Crippen LogP contribution in [0, 0.1) is 0 Å². The summed E-state index contributed by atoms with van der Waals surface area (Å²) in [7, 11) is 0. The number of fused-ring (bicyclic) bond motifs is 1. The molecule has 0 unspecified atom stereocenters. The molecule has 3 aromatic rings. The lowest BCUT2D eigenvalue weighted by atomic mass is 10.1. The van der Waals surface area contributed by atoms with E-state index in [0.29, 0.717) is 34.9 Å². The van der Waals surface area contributed by atoms with Crippen molar-refractivity contribution in [1.29, 1.82) is 0 Å². The SMILES string of the molecule is CCOC(=O)c1cc(Nc2c(C(=O)OCC)cnc3ccc(OCC)nc23)ccc1O.Cl. The summed E-state index contributed by atoms with van der Waals surface area (Å²) in [5.41, 5.74) is 1.85. The van der Waals surface area contributed by atoms with Crippen LogP contribution in [0.15, 0.2) is 36.5 Å². The molecule has 0 spiro atoms. The van der Waals surface area contributed by atoms with E-state index in [-0.39, 0.29) is 42.5 Å². The molecule has 0 saturated heterocycles. The first-order chi connectivity index (χ1) is 15.0. The summed E-state index contributed by atoms with van der Waals surface area (Å²) in [5, 5.41) is 13.1. The molecule has 2 heterocycles. The van der Waals surface area contributed by atoms with Crippen molar-refractivity contribution in [3.63, 3.8) is 0 Å². The number of carbonyl (C=O) groups excluding carboxylic acids is 2. The first-order valence-electron chi connectivity index (χ1n) is 9.85. The number of phenols is 1. The number of carbonyl (C=O) groups is 2. The largest absolute Gasteiger partial charge is 0.507 e. The highest BCUT2D eigenvalue weighted by atomic mass is 35.5. The van der Waals surface area contributed by atoms with Gasteiger partial charge in [0, 0.05) is 18.0 Å². The van der Waals surface area contributed by atoms with Crippen molar-refractivity contribution in [3.05, 3.63) is 47.7 Å². The van der Waals surface area contributed by atoms with E-state index in [9.17, 15) is 14.7 Å². The number of aromatic nitrogens is 2. The average molecular weight is 462 g/mol. The number of pyridine rings is 2. The second-order valence-electron chi connectivity index (χ2n) is 6.29. The molecule has 2 N–H and O–H groups in total. The predicted molar refractivity (Wildman–Crippen MR) is 121 cm³/mol. The van der Waals surface area contributed by atoms with Crippen LogP contribution in [-0.2, 0) is 9.47 Å². The average Bonchev–Trinajstić information content (AvgIpc) is 2.75. The van der Waals surface area contributed by atoms with E-state index in [4.69, 9.17) is 14.2 Å². The van der Waals surface area contributed by atoms with E-state index in [1.165, 1.54) is 18.3 Å². The lowest BCUT2D eigenvalue weighted by Crippen LogP contribution is -2.10. The number of phenolic OH excluding ortho intramolecular Hbond substituents is 1. The fourth-order valence-electron chi connectivity index (χ4n) is 2.90. The van der Waals surface area contributed by atoms with Gasteiger partial charge in [0.25, 0.3) is 0 Å². The molecule has 2 aromatic heterocycles. The molecular formula is C22H24ClN3O6. The van der Waals surface area contributed by atoms with Crippen molar-refractivity contribution in [1.82, 2.24) is 9.97 Å². The van der Waals surface area contributed by atoms with Crippen molar-refractivity contribution in [2.75, 3.05) is 25.1 Å². The molecular weight excluding hydrogens is 438 g/mol. The molecule has 0 saturated carbocycles. The van der Waals surface area contributed by atoms with Gasteiger partial charge in [-0.25, -0.2) is 14.6 Å². The number of rotatable bonds is 8. The third kappa shape index (κ3) is 5.36. The number of aromatic hydroxyl groups is 1. The summed E-state index contributed by atoms with van der Waals surface area (Å²) in [6.45, 7) is 6.00. The maximum Gasteiger partial charge on any atom is 0.341 e. The third-order valence-corrected chi connectivity index (χ3v) is 4.24. The second-order valence-corrected chi connectivity index (χ2v) is 6.29. The summed E-state index contributed by atoms with van der Waals surface area (Å²) in [6.07, 6.45) is 1.40. The molecule has 0 aliphatic carbocycles. The molecule has 10 heteroatoms. The molecule has 32 heavy (non-hydrogen) atoms. The zero-order valence-electron chi connectivity index (χ0n) is 17.9. The van der Waals surface area contributed by atoms with E-state index >= 15 is 0 Å². The number of nitrogens with one attached hydrogen (secondary N) is 1. The van der Waals surface area contributed by atoms with Gasteiger partial charge in [-0.3, -0.25) is 4.98 Å². The summed E-state index contributed by atoms with van der Waals surface area (Å²) in [6, 6.07) is 7.77. The van der Waals surface area contributed by atoms with Crippen LogP contribution in [0.5, 0.6) is 11.6 Å². The Labute approximate surface area is 191 Å². The maximum atomic E-state index is 12.5. The van der Waals surface area contributed by atoms with Crippen LogP contribution in [-0.4, -0.2) is 46.8 Å². The molecule has 0 amide bonds. The van der Waals surface area contributed by atoms with Crippen molar-refractivity contribution < 1.29 is 28.9 Å². The second kappa shape index (κ2) is 11.1. The van der Waals surface area contributed by atoms with Crippen LogP contribution in [0.25, 0.3) is 11.0 Å². The Morgan fingerprint density at radius 3 is 2.31 bits per heavy atom. The molecule has 0 radical (unpaired) electrons. The Hall–Kier alpha value is -3.59. The Bertz CT molecular complexity index is 1120. The van der Waals surface area contributed by atoms with Crippen molar-refractivity contribution in [3.8, 4) is 11.6 Å². The molecule has 170 valence electrons. The summed E-state index contributed by atoms with van der Waals surface area (Å²) >= 11 is 0. The van der Waals surface area contributed by atoms with Gasteiger partial charge in [-0.2, -0.15) is 0 Å². The molecule has 0 aliphatic heterocycles.